The number of pyridine rings is 1. The highest BCUT2D eigenvalue weighted by Crippen LogP contribution is 2.34. The van der Waals surface area contributed by atoms with Crippen molar-refractivity contribution in [2.45, 2.75) is 39.7 Å². The van der Waals surface area contributed by atoms with Crippen molar-refractivity contribution < 1.29 is 9.90 Å². The summed E-state index contributed by atoms with van der Waals surface area (Å²) < 4.78 is 2.21. The molecule has 0 aliphatic rings. The monoisotopic (exact) mass is 413 g/mol. The standard InChI is InChI=1S/C26H27N3O2/c1-3-6-23-25(22-14-11-19-7-4-5-8-21(19)28-22)24(26(27)31)17(2)29(23)16-15-18-9-12-20(30)13-10-18/h4-5,7-14,30H,3,6,15-16H2,1-2H3,(H2,27,31). The molecule has 4 aromatic rings. The van der Waals surface area contributed by atoms with Gasteiger partial charge in [0.25, 0.3) is 5.91 Å². The number of hydrogen-bond acceptors (Lipinski definition) is 3. The van der Waals surface area contributed by atoms with Crippen molar-refractivity contribution >= 4 is 16.8 Å². The molecule has 31 heavy (non-hydrogen) atoms. The Bertz CT molecular complexity index is 1240. The number of phenols is 1. The SMILES string of the molecule is CCCc1c(-c2ccc3ccccc3n2)c(C(N)=O)c(C)n1CCc1ccc(O)cc1. The van der Waals surface area contributed by atoms with Crippen LogP contribution >= 0.6 is 0 Å². The predicted octanol–water partition coefficient (Wildman–Crippen LogP) is 5.01. The normalized spacial score (nSPS) is 11.2. The van der Waals surface area contributed by atoms with Gasteiger partial charge in [-0.2, -0.15) is 0 Å². The van der Waals surface area contributed by atoms with Crippen LogP contribution in [0.3, 0.4) is 0 Å². The lowest BCUT2D eigenvalue weighted by atomic mass is 10.0. The van der Waals surface area contributed by atoms with Gasteiger partial charge in [0.1, 0.15) is 5.75 Å². The van der Waals surface area contributed by atoms with Crippen LogP contribution in [0.2, 0.25) is 0 Å². The lowest BCUT2D eigenvalue weighted by molar-refractivity contribution is 0.1000. The number of nitrogens with zero attached hydrogens (tertiary/aromatic N) is 2. The number of aromatic nitrogens is 2. The molecule has 2 aromatic heterocycles. The highest BCUT2D eigenvalue weighted by atomic mass is 16.3. The molecule has 2 heterocycles. The summed E-state index contributed by atoms with van der Waals surface area (Å²) in [5.74, 6) is -0.170. The van der Waals surface area contributed by atoms with E-state index in [1.165, 1.54) is 0 Å². The highest BCUT2D eigenvalue weighted by Gasteiger charge is 2.25. The van der Waals surface area contributed by atoms with Gasteiger partial charge in [0.2, 0.25) is 0 Å². The van der Waals surface area contributed by atoms with Crippen LogP contribution in [0.4, 0.5) is 0 Å². The number of nitrogens with two attached hydrogens (primary N) is 1. The molecule has 0 saturated carbocycles. The van der Waals surface area contributed by atoms with E-state index in [-0.39, 0.29) is 5.75 Å². The molecule has 3 N–H and O–H groups in total. The van der Waals surface area contributed by atoms with Crippen LogP contribution in [-0.2, 0) is 19.4 Å². The molecule has 5 heteroatoms. The first-order chi connectivity index (χ1) is 15.0. The average Bonchev–Trinajstić information content (AvgIpc) is 3.05. The van der Waals surface area contributed by atoms with E-state index in [0.29, 0.717) is 5.56 Å². The van der Waals surface area contributed by atoms with Crippen LogP contribution in [0.1, 0.15) is 40.7 Å². The maximum absolute atomic E-state index is 12.5. The number of aryl methyl sites for hydroxylation is 1. The van der Waals surface area contributed by atoms with Gasteiger partial charge in [0.15, 0.2) is 0 Å². The van der Waals surface area contributed by atoms with Crippen LogP contribution in [0.15, 0.2) is 60.7 Å². The van der Waals surface area contributed by atoms with Crippen LogP contribution in [-0.4, -0.2) is 20.6 Å². The van der Waals surface area contributed by atoms with Gasteiger partial charge in [0, 0.05) is 28.9 Å². The molecule has 0 spiro atoms. The van der Waals surface area contributed by atoms with E-state index in [4.69, 9.17) is 10.7 Å². The summed E-state index contributed by atoms with van der Waals surface area (Å²) in [5, 5.41) is 10.6. The van der Waals surface area contributed by atoms with E-state index in [9.17, 15) is 9.90 Å². The molecule has 0 aliphatic carbocycles. The number of primary amides is 1. The number of hydrogen-bond donors (Lipinski definition) is 2. The number of rotatable bonds is 7. The van der Waals surface area contributed by atoms with Crippen molar-refractivity contribution in [3.8, 4) is 17.0 Å². The van der Waals surface area contributed by atoms with E-state index in [2.05, 4.69) is 11.5 Å². The molecule has 0 aliphatic heterocycles. The van der Waals surface area contributed by atoms with Crippen LogP contribution in [0.25, 0.3) is 22.2 Å². The Balaban J connectivity index is 1.83. The molecule has 0 radical (unpaired) electrons. The summed E-state index contributed by atoms with van der Waals surface area (Å²) in [6, 6.07) is 19.2. The molecular formula is C26H27N3O2. The predicted molar refractivity (Wildman–Crippen MR) is 124 cm³/mol. The largest absolute Gasteiger partial charge is 0.508 e. The van der Waals surface area contributed by atoms with Gasteiger partial charge in [-0.25, -0.2) is 4.98 Å². The molecule has 0 bridgehead atoms. The second-order valence-corrected chi connectivity index (χ2v) is 7.85. The van der Waals surface area contributed by atoms with E-state index in [0.717, 1.165) is 64.9 Å². The third-order valence-electron chi connectivity index (χ3n) is 5.78. The minimum Gasteiger partial charge on any atom is -0.508 e. The molecule has 158 valence electrons. The summed E-state index contributed by atoms with van der Waals surface area (Å²) in [7, 11) is 0. The van der Waals surface area contributed by atoms with Crippen molar-refractivity contribution in [2.24, 2.45) is 5.73 Å². The summed E-state index contributed by atoms with van der Waals surface area (Å²) in [5.41, 5.74) is 12.0. The molecule has 0 fully saturated rings. The molecule has 5 nitrogen and oxygen atoms in total. The Morgan fingerprint density at radius 1 is 1.03 bits per heavy atom. The van der Waals surface area contributed by atoms with E-state index >= 15 is 0 Å². The summed E-state index contributed by atoms with van der Waals surface area (Å²) in [6.45, 7) is 4.81. The van der Waals surface area contributed by atoms with Gasteiger partial charge in [0.05, 0.1) is 16.8 Å². The Morgan fingerprint density at radius 3 is 2.48 bits per heavy atom. The van der Waals surface area contributed by atoms with Crippen molar-refractivity contribution in [2.75, 3.05) is 0 Å². The zero-order valence-electron chi connectivity index (χ0n) is 17.9. The average molecular weight is 414 g/mol. The fourth-order valence-electron chi connectivity index (χ4n) is 4.28. The molecule has 0 atom stereocenters. The number of phenolic OH excluding ortho intramolecular Hbond substituents is 1. The molecular weight excluding hydrogens is 386 g/mol. The van der Waals surface area contributed by atoms with Crippen LogP contribution in [0.5, 0.6) is 5.75 Å². The number of aromatic hydroxyl groups is 1. The fraction of sp³-hybridized carbons (Fsp3) is 0.231. The topological polar surface area (TPSA) is 81.1 Å². The Morgan fingerprint density at radius 2 is 1.77 bits per heavy atom. The summed E-state index contributed by atoms with van der Waals surface area (Å²) in [6.07, 6.45) is 2.56. The Labute approximate surface area is 182 Å². The summed E-state index contributed by atoms with van der Waals surface area (Å²) >= 11 is 0. The maximum atomic E-state index is 12.5. The lowest BCUT2D eigenvalue weighted by Gasteiger charge is -2.13. The second-order valence-electron chi connectivity index (χ2n) is 7.85. The third-order valence-corrected chi connectivity index (χ3v) is 5.78. The van der Waals surface area contributed by atoms with Gasteiger partial charge < -0.3 is 15.4 Å². The molecule has 1 amide bonds. The number of carbonyl (C=O) groups is 1. The van der Waals surface area contributed by atoms with E-state index in [1.807, 2.05) is 55.5 Å². The highest BCUT2D eigenvalue weighted by molar-refractivity contribution is 6.02. The lowest BCUT2D eigenvalue weighted by Crippen LogP contribution is -2.14. The first kappa shape index (κ1) is 20.7. The zero-order chi connectivity index (χ0) is 22.0. The first-order valence-corrected chi connectivity index (χ1v) is 10.7. The van der Waals surface area contributed by atoms with Gasteiger partial charge in [-0.15, -0.1) is 0 Å². The van der Waals surface area contributed by atoms with E-state index in [1.54, 1.807) is 12.1 Å². The molecule has 0 saturated heterocycles. The van der Waals surface area contributed by atoms with Crippen molar-refractivity contribution in [3.05, 3.63) is 83.2 Å². The quantitative estimate of drug-likeness (QED) is 0.447. The molecule has 2 aromatic carbocycles. The van der Waals surface area contributed by atoms with Crippen LogP contribution < -0.4 is 5.73 Å². The second kappa shape index (κ2) is 8.64. The minimum atomic E-state index is -0.428. The van der Waals surface area contributed by atoms with E-state index < -0.39 is 5.91 Å². The number of para-hydroxylation sites is 1. The Kier molecular flexibility index (Phi) is 5.76. The number of fused-ring (bicyclic) bond motifs is 1. The van der Waals surface area contributed by atoms with Gasteiger partial charge in [-0.05, 0) is 49.6 Å². The number of amides is 1. The number of benzene rings is 2. The minimum absolute atomic E-state index is 0.258. The van der Waals surface area contributed by atoms with Crippen molar-refractivity contribution in [1.29, 1.82) is 0 Å². The summed E-state index contributed by atoms with van der Waals surface area (Å²) in [4.78, 5) is 17.4. The first-order valence-electron chi connectivity index (χ1n) is 10.7. The van der Waals surface area contributed by atoms with Gasteiger partial charge in [-0.1, -0.05) is 49.7 Å². The fourth-order valence-corrected chi connectivity index (χ4v) is 4.28. The zero-order valence-corrected chi connectivity index (χ0v) is 17.9. The van der Waals surface area contributed by atoms with Crippen molar-refractivity contribution in [1.82, 2.24) is 9.55 Å². The third kappa shape index (κ3) is 4.04. The number of carbonyl (C=O) groups excluding carboxylic acids is 1. The smallest absolute Gasteiger partial charge is 0.251 e. The van der Waals surface area contributed by atoms with Crippen LogP contribution in [0, 0.1) is 6.92 Å². The molecule has 0 unspecified atom stereocenters. The van der Waals surface area contributed by atoms with Crippen molar-refractivity contribution in [3.63, 3.8) is 0 Å². The van der Waals surface area contributed by atoms with Gasteiger partial charge >= 0.3 is 0 Å². The Hall–Kier alpha value is -3.60. The molecule has 4 rings (SSSR count). The van der Waals surface area contributed by atoms with Gasteiger partial charge in [-0.3, -0.25) is 4.79 Å². The maximum Gasteiger partial charge on any atom is 0.251 e.